The first-order chi connectivity index (χ1) is 15.8. The van der Waals surface area contributed by atoms with Crippen molar-refractivity contribution in [3.8, 4) is 0 Å². The fourth-order valence-electron chi connectivity index (χ4n) is 4.85. The van der Waals surface area contributed by atoms with Crippen molar-refractivity contribution in [3.63, 3.8) is 0 Å². The van der Waals surface area contributed by atoms with Crippen LogP contribution in [0.15, 0.2) is 42.6 Å². The molecule has 1 aromatic carbocycles. The number of anilines is 1. The highest BCUT2D eigenvalue weighted by molar-refractivity contribution is 5.89. The number of urea groups is 1. The fraction of sp³-hybridized carbons (Fsp3) is 0.500. The molecule has 0 aliphatic heterocycles. The van der Waals surface area contributed by atoms with Gasteiger partial charge in [-0.05, 0) is 70.1 Å². The van der Waals surface area contributed by atoms with Gasteiger partial charge in [-0.15, -0.1) is 0 Å². The number of aryl methyl sites for hydroxylation is 1. The summed E-state index contributed by atoms with van der Waals surface area (Å²) in [4.78, 5) is 29.4. The summed E-state index contributed by atoms with van der Waals surface area (Å²) in [6.07, 6.45) is 6.74. The summed E-state index contributed by atoms with van der Waals surface area (Å²) in [7, 11) is 0. The van der Waals surface area contributed by atoms with E-state index >= 15 is 0 Å². The average molecular weight is 451 g/mol. The zero-order valence-electron chi connectivity index (χ0n) is 19.7. The minimum absolute atomic E-state index is 0.0108. The Labute approximate surface area is 195 Å². The van der Waals surface area contributed by atoms with Crippen molar-refractivity contribution in [3.05, 3.63) is 59.4 Å². The molecular formula is C26H34N4O3. The summed E-state index contributed by atoms with van der Waals surface area (Å²) in [5.41, 5.74) is 3.48. The van der Waals surface area contributed by atoms with E-state index in [1.54, 1.807) is 6.20 Å². The Morgan fingerprint density at radius 2 is 1.85 bits per heavy atom. The maximum absolute atomic E-state index is 12.7. The lowest BCUT2D eigenvalue weighted by Crippen LogP contribution is -2.42. The highest BCUT2D eigenvalue weighted by Gasteiger charge is 2.30. The lowest BCUT2D eigenvalue weighted by atomic mass is 9.91. The number of hydrogen-bond acceptors (Lipinski definition) is 4. The first-order valence-corrected chi connectivity index (χ1v) is 11.9. The molecule has 2 aliphatic rings. The summed E-state index contributed by atoms with van der Waals surface area (Å²) in [6, 6.07) is 12.3. The first kappa shape index (κ1) is 23.1. The van der Waals surface area contributed by atoms with E-state index < -0.39 is 11.7 Å². The van der Waals surface area contributed by atoms with Crippen molar-refractivity contribution in [1.82, 2.24) is 15.6 Å². The second kappa shape index (κ2) is 9.81. The molecule has 3 atom stereocenters. The van der Waals surface area contributed by atoms with Crippen LogP contribution in [0.1, 0.15) is 69.2 Å². The summed E-state index contributed by atoms with van der Waals surface area (Å²) in [5.74, 6) is 0.346. The zero-order valence-corrected chi connectivity index (χ0v) is 19.7. The maximum atomic E-state index is 12.7. The molecule has 0 bridgehead atoms. The smallest absolute Gasteiger partial charge is 0.407 e. The molecule has 4 rings (SSSR count). The molecule has 0 saturated heterocycles. The number of hydrogen-bond donors (Lipinski definition) is 3. The Balaban J connectivity index is 1.34. The van der Waals surface area contributed by atoms with Gasteiger partial charge in [-0.2, -0.15) is 0 Å². The van der Waals surface area contributed by atoms with Gasteiger partial charge in [0, 0.05) is 23.7 Å². The van der Waals surface area contributed by atoms with Gasteiger partial charge in [-0.3, -0.25) is 4.98 Å². The second-order valence-corrected chi connectivity index (χ2v) is 10.1. The van der Waals surface area contributed by atoms with Gasteiger partial charge >= 0.3 is 12.1 Å². The number of alkyl carbamates (subject to hydrolysis) is 1. The molecule has 3 N–H and O–H groups in total. The molecule has 176 valence electrons. The molecule has 1 heterocycles. The van der Waals surface area contributed by atoms with Gasteiger partial charge in [0.25, 0.3) is 0 Å². The number of benzene rings is 1. The molecule has 1 fully saturated rings. The Hall–Kier alpha value is -3.09. The van der Waals surface area contributed by atoms with Crippen LogP contribution < -0.4 is 16.0 Å². The topological polar surface area (TPSA) is 92.3 Å². The van der Waals surface area contributed by atoms with Crippen molar-refractivity contribution in [2.24, 2.45) is 0 Å². The van der Waals surface area contributed by atoms with E-state index in [9.17, 15) is 9.59 Å². The van der Waals surface area contributed by atoms with Gasteiger partial charge in [0.15, 0.2) is 0 Å². The van der Waals surface area contributed by atoms with E-state index in [-0.39, 0.29) is 18.1 Å². The molecule has 7 heteroatoms. The quantitative estimate of drug-likeness (QED) is 0.616. The lowest BCUT2D eigenvalue weighted by Gasteiger charge is -2.27. The number of ether oxygens (including phenoxy) is 1. The van der Waals surface area contributed by atoms with Crippen molar-refractivity contribution in [2.75, 3.05) is 5.32 Å². The van der Waals surface area contributed by atoms with Gasteiger partial charge < -0.3 is 20.7 Å². The predicted molar refractivity (Wildman–Crippen MR) is 128 cm³/mol. The van der Waals surface area contributed by atoms with E-state index in [0.717, 1.165) is 43.4 Å². The third-order valence-corrected chi connectivity index (χ3v) is 6.29. The minimum Gasteiger partial charge on any atom is -0.444 e. The monoisotopic (exact) mass is 450 g/mol. The van der Waals surface area contributed by atoms with Gasteiger partial charge in [-0.1, -0.05) is 36.8 Å². The number of nitrogens with one attached hydrogen (secondary N) is 3. The van der Waals surface area contributed by atoms with E-state index in [0.29, 0.717) is 18.0 Å². The second-order valence-electron chi connectivity index (χ2n) is 10.1. The fourth-order valence-corrected chi connectivity index (χ4v) is 4.85. The summed E-state index contributed by atoms with van der Waals surface area (Å²) >= 11 is 0. The van der Waals surface area contributed by atoms with E-state index in [1.807, 2.05) is 32.9 Å². The molecule has 7 nitrogen and oxygen atoms in total. The zero-order chi connectivity index (χ0) is 23.4. The molecule has 1 saturated carbocycles. The molecule has 33 heavy (non-hydrogen) atoms. The van der Waals surface area contributed by atoms with Crippen LogP contribution in [-0.2, 0) is 17.6 Å². The molecule has 3 amide bonds. The number of rotatable bonds is 4. The molecule has 3 unspecified atom stereocenters. The molecule has 1 aromatic heterocycles. The largest absolute Gasteiger partial charge is 0.444 e. The number of carbonyl (C=O) groups is 2. The van der Waals surface area contributed by atoms with Crippen LogP contribution in [0.5, 0.6) is 0 Å². The normalized spacial score (nSPS) is 22.2. The van der Waals surface area contributed by atoms with Crippen LogP contribution in [0.25, 0.3) is 0 Å². The SMILES string of the molecule is CC(C)(C)OC(=O)NC1CCc2ncc(NC(=O)NC3CCCC3c3ccccc3)cc2C1. The predicted octanol–water partition coefficient (Wildman–Crippen LogP) is 4.92. The minimum atomic E-state index is -0.526. The van der Waals surface area contributed by atoms with Gasteiger partial charge in [0.05, 0.1) is 11.9 Å². The highest BCUT2D eigenvalue weighted by atomic mass is 16.6. The summed E-state index contributed by atoms with van der Waals surface area (Å²) in [5, 5.41) is 9.07. The number of pyridine rings is 1. The van der Waals surface area contributed by atoms with Crippen LogP contribution in [-0.4, -0.2) is 34.8 Å². The lowest BCUT2D eigenvalue weighted by molar-refractivity contribution is 0.0500. The van der Waals surface area contributed by atoms with Crippen molar-refractivity contribution in [2.45, 2.75) is 82.9 Å². The van der Waals surface area contributed by atoms with Crippen molar-refractivity contribution in [1.29, 1.82) is 0 Å². The Morgan fingerprint density at radius 3 is 2.61 bits per heavy atom. The Kier molecular flexibility index (Phi) is 6.86. The highest BCUT2D eigenvalue weighted by Crippen LogP contribution is 2.34. The van der Waals surface area contributed by atoms with E-state index in [4.69, 9.17) is 4.74 Å². The third kappa shape index (κ3) is 6.24. The molecular weight excluding hydrogens is 416 g/mol. The number of fused-ring (bicyclic) bond motifs is 1. The van der Waals surface area contributed by atoms with E-state index in [1.165, 1.54) is 5.56 Å². The van der Waals surface area contributed by atoms with Gasteiger partial charge in [-0.25, -0.2) is 9.59 Å². The molecule has 2 aromatic rings. The number of nitrogens with zero attached hydrogens (tertiary/aromatic N) is 1. The first-order valence-electron chi connectivity index (χ1n) is 11.9. The summed E-state index contributed by atoms with van der Waals surface area (Å²) < 4.78 is 5.38. The van der Waals surface area contributed by atoms with Crippen molar-refractivity contribution < 1.29 is 14.3 Å². The number of amides is 3. The average Bonchev–Trinajstić information content (AvgIpc) is 3.20. The van der Waals surface area contributed by atoms with Crippen LogP contribution in [0.3, 0.4) is 0 Å². The van der Waals surface area contributed by atoms with E-state index in [2.05, 4.69) is 45.2 Å². The molecule has 2 aliphatic carbocycles. The number of carbonyl (C=O) groups excluding carboxylic acids is 2. The van der Waals surface area contributed by atoms with Crippen LogP contribution in [0.2, 0.25) is 0 Å². The Bertz CT molecular complexity index is 987. The van der Waals surface area contributed by atoms with Gasteiger partial charge in [0.2, 0.25) is 0 Å². The van der Waals surface area contributed by atoms with Crippen LogP contribution in [0.4, 0.5) is 15.3 Å². The maximum Gasteiger partial charge on any atom is 0.407 e. The van der Waals surface area contributed by atoms with Crippen LogP contribution >= 0.6 is 0 Å². The third-order valence-electron chi connectivity index (χ3n) is 6.29. The van der Waals surface area contributed by atoms with Crippen molar-refractivity contribution >= 4 is 17.8 Å². The Morgan fingerprint density at radius 1 is 1.06 bits per heavy atom. The number of aromatic nitrogens is 1. The molecule has 0 radical (unpaired) electrons. The molecule has 0 spiro atoms. The van der Waals surface area contributed by atoms with Crippen LogP contribution in [0, 0.1) is 0 Å². The van der Waals surface area contributed by atoms with Gasteiger partial charge in [0.1, 0.15) is 5.60 Å². The standard InChI is InChI=1S/C26H34N4O3/c1-26(2,3)33-25(32)29-19-12-13-22-18(14-19)15-20(16-27-22)28-24(31)30-23-11-7-10-21(23)17-8-5-4-6-9-17/h4-6,8-9,15-16,19,21,23H,7,10-14H2,1-3H3,(H,29,32)(H2,28,30,31). The summed E-state index contributed by atoms with van der Waals surface area (Å²) in [6.45, 7) is 5.55.